The maximum absolute atomic E-state index is 9.20. The Bertz CT molecular complexity index is 411. The van der Waals surface area contributed by atoms with Crippen molar-refractivity contribution in [1.82, 2.24) is 0 Å². The number of rotatable bonds is 18. The van der Waals surface area contributed by atoms with E-state index in [2.05, 4.69) is 12.1 Å². The van der Waals surface area contributed by atoms with E-state index in [0.29, 0.717) is 74.2 Å². The molecule has 8 nitrogen and oxygen atoms in total. The molecule has 0 aromatic heterocycles. The van der Waals surface area contributed by atoms with Crippen molar-refractivity contribution in [2.24, 2.45) is 0 Å². The molecule has 0 saturated heterocycles. The third-order valence-electron chi connectivity index (χ3n) is 2.57. The molecule has 0 unspecified atom stereocenters. The highest BCUT2D eigenvalue weighted by Gasteiger charge is 2.08. The van der Waals surface area contributed by atoms with E-state index in [1.165, 1.54) is 23.5 Å². The van der Waals surface area contributed by atoms with Crippen molar-refractivity contribution in [3.05, 3.63) is 9.81 Å². The molecule has 0 spiro atoms. The van der Waals surface area contributed by atoms with Crippen molar-refractivity contribution in [2.75, 3.05) is 77.6 Å². The molecule has 0 amide bonds. The van der Waals surface area contributed by atoms with E-state index < -0.39 is 0 Å². The van der Waals surface area contributed by atoms with Crippen LogP contribution in [0, 0.1) is 22.7 Å². The van der Waals surface area contributed by atoms with Crippen LogP contribution in [-0.2, 0) is 18.9 Å². The molecule has 0 aliphatic rings. The van der Waals surface area contributed by atoms with Crippen LogP contribution in [0.3, 0.4) is 0 Å². The normalized spacial score (nSPS) is 11.7. The van der Waals surface area contributed by atoms with Crippen molar-refractivity contribution in [1.29, 1.82) is 10.5 Å². The van der Waals surface area contributed by atoms with Gasteiger partial charge in [-0.25, -0.2) is 0 Å². The van der Waals surface area contributed by atoms with Crippen molar-refractivity contribution >= 4 is 23.5 Å². The minimum Gasteiger partial charge on any atom is -0.394 e. The smallest absolute Gasteiger partial charge is 0.109 e. The molecule has 0 aliphatic carbocycles. The lowest BCUT2D eigenvalue weighted by Crippen LogP contribution is -2.09. The van der Waals surface area contributed by atoms with Gasteiger partial charge in [0.25, 0.3) is 0 Å². The Morgan fingerprint density at radius 3 is 1.27 bits per heavy atom. The fraction of sp³-hybridized carbons (Fsp3) is 0.750. The summed E-state index contributed by atoms with van der Waals surface area (Å²) in [6.45, 7) is 3.12. The molecule has 148 valence electrons. The van der Waals surface area contributed by atoms with Gasteiger partial charge >= 0.3 is 0 Å². The summed E-state index contributed by atoms with van der Waals surface area (Å²) in [6, 6.07) is 4.11. The van der Waals surface area contributed by atoms with Gasteiger partial charge in [0.05, 0.1) is 66.1 Å². The van der Waals surface area contributed by atoms with Gasteiger partial charge < -0.3 is 29.2 Å². The zero-order chi connectivity index (χ0) is 19.3. The summed E-state index contributed by atoms with van der Waals surface area (Å²) >= 11 is 2.57. The molecule has 0 saturated carbocycles. The molecule has 0 fully saturated rings. The van der Waals surface area contributed by atoms with Crippen LogP contribution < -0.4 is 0 Å². The Labute approximate surface area is 163 Å². The van der Waals surface area contributed by atoms with Gasteiger partial charge in [-0.1, -0.05) is 0 Å². The summed E-state index contributed by atoms with van der Waals surface area (Å²) in [6.07, 6.45) is 0. The number of nitriles is 2. The van der Waals surface area contributed by atoms with Crippen molar-refractivity contribution in [3.63, 3.8) is 0 Å². The monoisotopic (exact) mass is 406 g/mol. The second kappa shape index (κ2) is 20.5. The molecule has 26 heavy (non-hydrogen) atoms. The van der Waals surface area contributed by atoms with Crippen molar-refractivity contribution in [3.8, 4) is 12.1 Å². The van der Waals surface area contributed by atoms with Crippen LogP contribution in [0.2, 0.25) is 0 Å². The van der Waals surface area contributed by atoms with Gasteiger partial charge in [0, 0.05) is 11.5 Å². The number of thioether (sulfide) groups is 2. The van der Waals surface area contributed by atoms with E-state index in [4.69, 9.17) is 29.2 Å². The standard InChI is InChI=1S/C16H26N2O6S2/c17-13-15(25-11-9-23-7-5-21-3-1-19)16(14-18)26-12-10-24-8-6-22-4-2-20/h19-20H,1-12H2. The van der Waals surface area contributed by atoms with Crippen LogP contribution in [0.1, 0.15) is 0 Å². The molecule has 0 atom stereocenters. The SMILES string of the molecule is N#CC(SCCOCCOCCO)=C(C#N)SCCOCCOCCO. The Kier molecular flexibility index (Phi) is 19.8. The first-order chi connectivity index (χ1) is 12.8. The van der Waals surface area contributed by atoms with Crippen LogP contribution in [-0.4, -0.2) is 87.8 Å². The third-order valence-corrected chi connectivity index (χ3v) is 4.61. The number of hydrogen-bond acceptors (Lipinski definition) is 10. The largest absolute Gasteiger partial charge is 0.394 e. The van der Waals surface area contributed by atoms with Gasteiger partial charge in [0.1, 0.15) is 21.9 Å². The van der Waals surface area contributed by atoms with E-state index in [-0.39, 0.29) is 13.2 Å². The van der Waals surface area contributed by atoms with E-state index >= 15 is 0 Å². The zero-order valence-electron chi connectivity index (χ0n) is 14.7. The van der Waals surface area contributed by atoms with Gasteiger partial charge in [0.15, 0.2) is 0 Å². The summed E-state index contributed by atoms with van der Waals surface area (Å²) in [5.74, 6) is 1.13. The highest BCUT2D eigenvalue weighted by atomic mass is 32.2. The van der Waals surface area contributed by atoms with Crippen LogP contribution >= 0.6 is 23.5 Å². The van der Waals surface area contributed by atoms with E-state index in [1.807, 2.05) is 0 Å². The van der Waals surface area contributed by atoms with Crippen LogP contribution in [0.5, 0.6) is 0 Å². The number of nitrogens with zero attached hydrogens (tertiary/aromatic N) is 2. The van der Waals surface area contributed by atoms with Gasteiger partial charge in [-0.15, -0.1) is 23.5 Å². The summed E-state index contributed by atoms with van der Waals surface area (Å²) in [5.41, 5.74) is 0. The van der Waals surface area contributed by atoms with Crippen molar-refractivity contribution < 1.29 is 29.2 Å². The number of ether oxygens (including phenoxy) is 4. The first-order valence-corrected chi connectivity index (χ1v) is 10.1. The maximum atomic E-state index is 9.20. The Balaban J connectivity index is 3.88. The van der Waals surface area contributed by atoms with Crippen LogP contribution in [0.4, 0.5) is 0 Å². The van der Waals surface area contributed by atoms with Gasteiger partial charge in [-0.3, -0.25) is 0 Å². The van der Waals surface area contributed by atoms with Crippen LogP contribution in [0.15, 0.2) is 9.81 Å². The van der Waals surface area contributed by atoms with Gasteiger partial charge in [-0.05, 0) is 0 Å². The Morgan fingerprint density at radius 1 is 0.615 bits per heavy atom. The fourth-order valence-corrected chi connectivity index (χ4v) is 3.12. The van der Waals surface area contributed by atoms with Gasteiger partial charge in [-0.2, -0.15) is 10.5 Å². The molecule has 2 N–H and O–H groups in total. The summed E-state index contributed by atoms with van der Waals surface area (Å²) in [4.78, 5) is 0.757. The molecule has 0 radical (unpaired) electrons. The summed E-state index contributed by atoms with van der Waals surface area (Å²) < 4.78 is 20.8. The lowest BCUT2D eigenvalue weighted by molar-refractivity contribution is 0.0377. The lowest BCUT2D eigenvalue weighted by Gasteiger charge is -2.06. The van der Waals surface area contributed by atoms with Crippen LogP contribution in [0.25, 0.3) is 0 Å². The first-order valence-electron chi connectivity index (χ1n) is 8.12. The molecular formula is C16H26N2O6S2. The lowest BCUT2D eigenvalue weighted by atomic mass is 10.5. The summed E-state index contributed by atoms with van der Waals surface area (Å²) in [5, 5.41) is 35.5. The number of aliphatic hydroxyl groups is 2. The van der Waals surface area contributed by atoms with Crippen molar-refractivity contribution in [2.45, 2.75) is 0 Å². The molecule has 0 aromatic rings. The summed E-state index contributed by atoms with van der Waals surface area (Å²) in [7, 11) is 0. The highest BCUT2D eigenvalue weighted by molar-refractivity contribution is 8.07. The zero-order valence-corrected chi connectivity index (χ0v) is 16.4. The molecule has 0 bridgehead atoms. The van der Waals surface area contributed by atoms with E-state index in [1.54, 1.807) is 0 Å². The number of hydrogen-bond donors (Lipinski definition) is 2. The Hall–Kier alpha value is -0.820. The Morgan fingerprint density at radius 2 is 0.962 bits per heavy atom. The second-order valence-corrected chi connectivity index (χ2v) is 6.69. The number of aliphatic hydroxyl groups excluding tert-OH is 2. The van der Waals surface area contributed by atoms with E-state index in [0.717, 1.165) is 0 Å². The first kappa shape index (κ1) is 25.2. The van der Waals surface area contributed by atoms with Gasteiger partial charge in [0.2, 0.25) is 0 Å². The fourth-order valence-electron chi connectivity index (χ4n) is 1.48. The minimum absolute atomic E-state index is 0.0106. The van der Waals surface area contributed by atoms with E-state index in [9.17, 15) is 10.5 Å². The minimum atomic E-state index is -0.0106. The molecule has 0 rings (SSSR count). The maximum Gasteiger partial charge on any atom is 0.109 e. The third kappa shape index (κ3) is 15.4. The second-order valence-electron chi connectivity index (χ2n) is 4.48. The molecule has 0 aliphatic heterocycles. The molecule has 10 heteroatoms. The molecular weight excluding hydrogens is 380 g/mol. The molecule has 0 heterocycles. The average Bonchev–Trinajstić information content (AvgIpc) is 2.66. The highest BCUT2D eigenvalue weighted by Crippen LogP contribution is 2.26. The predicted octanol–water partition coefficient (Wildman–Crippen LogP) is 0.763. The number of allylic oxidation sites excluding steroid dienone is 2. The average molecular weight is 407 g/mol. The molecule has 0 aromatic carbocycles. The predicted molar refractivity (Wildman–Crippen MR) is 101 cm³/mol. The quantitative estimate of drug-likeness (QED) is 0.249. The topological polar surface area (TPSA) is 125 Å².